The average Bonchev–Trinajstić information content (AvgIpc) is 2.29. The number of carboxylic acids is 1. The first-order chi connectivity index (χ1) is 7.85. The van der Waals surface area contributed by atoms with E-state index >= 15 is 0 Å². The standard InChI is InChI=1S/C14H26O3/c1-4-11-6-8-14(9-7-11,12(15)16)10-13(3,17)5-2/h11,17H,4-10H2,1-3H3,(H,15,16). The third-order valence-electron chi connectivity index (χ3n) is 4.57. The van der Waals surface area contributed by atoms with Gasteiger partial charge in [-0.05, 0) is 51.4 Å². The van der Waals surface area contributed by atoms with E-state index in [4.69, 9.17) is 0 Å². The van der Waals surface area contributed by atoms with E-state index < -0.39 is 17.0 Å². The first-order valence-electron chi connectivity index (χ1n) is 6.81. The summed E-state index contributed by atoms with van der Waals surface area (Å²) in [5.74, 6) is -0.0465. The van der Waals surface area contributed by atoms with E-state index in [1.165, 1.54) is 0 Å². The van der Waals surface area contributed by atoms with Gasteiger partial charge in [-0.15, -0.1) is 0 Å². The Bertz CT molecular complexity index is 263. The molecule has 17 heavy (non-hydrogen) atoms. The van der Waals surface area contributed by atoms with Crippen LogP contribution in [0.5, 0.6) is 0 Å². The predicted molar refractivity (Wildman–Crippen MR) is 67.8 cm³/mol. The quantitative estimate of drug-likeness (QED) is 0.778. The van der Waals surface area contributed by atoms with Gasteiger partial charge in [0, 0.05) is 0 Å². The molecule has 0 radical (unpaired) electrons. The van der Waals surface area contributed by atoms with E-state index in [0.717, 1.165) is 32.1 Å². The third-order valence-corrected chi connectivity index (χ3v) is 4.57. The maximum Gasteiger partial charge on any atom is 0.309 e. The smallest absolute Gasteiger partial charge is 0.309 e. The molecule has 0 aliphatic heterocycles. The second-order valence-electron chi connectivity index (χ2n) is 5.96. The molecule has 1 aliphatic rings. The first-order valence-corrected chi connectivity index (χ1v) is 6.81. The molecular weight excluding hydrogens is 216 g/mol. The van der Waals surface area contributed by atoms with Gasteiger partial charge >= 0.3 is 5.97 Å². The summed E-state index contributed by atoms with van der Waals surface area (Å²) in [6.07, 6.45) is 5.56. The van der Waals surface area contributed by atoms with Gasteiger partial charge in [0.25, 0.3) is 0 Å². The summed E-state index contributed by atoms with van der Waals surface area (Å²) in [7, 11) is 0. The third kappa shape index (κ3) is 3.44. The summed E-state index contributed by atoms with van der Waals surface area (Å²) in [6, 6.07) is 0. The van der Waals surface area contributed by atoms with Crippen LogP contribution in [0.1, 0.15) is 65.7 Å². The van der Waals surface area contributed by atoms with Gasteiger partial charge in [0.1, 0.15) is 0 Å². The van der Waals surface area contributed by atoms with Gasteiger partial charge < -0.3 is 10.2 Å². The number of aliphatic carboxylic acids is 1. The largest absolute Gasteiger partial charge is 0.481 e. The average molecular weight is 242 g/mol. The van der Waals surface area contributed by atoms with Crippen LogP contribution in [0.2, 0.25) is 0 Å². The van der Waals surface area contributed by atoms with E-state index in [9.17, 15) is 15.0 Å². The number of hydrogen-bond acceptors (Lipinski definition) is 2. The molecule has 1 atom stereocenters. The number of aliphatic hydroxyl groups is 1. The summed E-state index contributed by atoms with van der Waals surface area (Å²) in [5, 5.41) is 19.6. The minimum Gasteiger partial charge on any atom is -0.481 e. The Morgan fingerprint density at radius 1 is 1.35 bits per heavy atom. The van der Waals surface area contributed by atoms with Gasteiger partial charge in [-0.3, -0.25) is 4.79 Å². The maximum absolute atomic E-state index is 11.6. The molecule has 0 aromatic carbocycles. The van der Waals surface area contributed by atoms with Gasteiger partial charge in [-0.2, -0.15) is 0 Å². The van der Waals surface area contributed by atoms with Crippen LogP contribution in [0.25, 0.3) is 0 Å². The SMILES string of the molecule is CCC1CCC(CC(C)(O)CC)(C(=O)O)CC1. The van der Waals surface area contributed by atoms with Crippen molar-refractivity contribution >= 4 is 5.97 Å². The van der Waals surface area contributed by atoms with Crippen molar-refractivity contribution in [1.29, 1.82) is 0 Å². The molecule has 0 bridgehead atoms. The predicted octanol–water partition coefficient (Wildman–Crippen LogP) is 3.21. The molecule has 0 aromatic heterocycles. The normalized spacial score (nSPS) is 33.1. The second kappa shape index (κ2) is 5.38. The maximum atomic E-state index is 11.6. The Labute approximate surface area is 104 Å². The lowest BCUT2D eigenvalue weighted by Crippen LogP contribution is -2.42. The molecule has 0 saturated heterocycles. The molecule has 1 fully saturated rings. The van der Waals surface area contributed by atoms with Crippen molar-refractivity contribution in [1.82, 2.24) is 0 Å². The number of rotatable bonds is 5. The van der Waals surface area contributed by atoms with Crippen LogP contribution in [0.4, 0.5) is 0 Å². The van der Waals surface area contributed by atoms with Gasteiger partial charge in [0.15, 0.2) is 0 Å². The fraction of sp³-hybridized carbons (Fsp3) is 0.929. The van der Waals surface area contributed by atoms with E-state index in [2.05, 4.69) is 6.92 Å². The lowest BCUT2D eigenvalue weighted by atomic mass is 9.65. The zero-order valence-corrected chi connectivity index (χ0v) is 11.3. The fourth-order valence-corrected chi connectivity index (χ4v) is 2.96. The van der Waals surface area contributed by atoms with E-state index in [0.29, 0.717) is 18.8 Å². The van der Waals surface area contributed by atoms with Crippen molar-refractivity contribution in [3.63, 3.8) is 0 Å². The van der Waals surface area contributed by atoms with Crippen LogP contribution in [-0.4, -0.2) is 21.8 Å². The summed E-state index contributed by atoms with van der Waals surface area (Å²) < 4.78 is 0. The molecule has 1 aliphatic carbocycles. The highest BCUT2D eigenvalue weighted by Crippen LogP contribution is 2.45. The van der Waals surface area contributed by atoms with Crippen LogP contribution >= 0.6 is 0 Å². The number of hydrogen-bond donors (Lipinski definition) is 2. The van der Waals surface area contributed by atoms with Crippen LogP contribution in [0.15, 0.2) is 0 Å². The van der Waals surface area contributed by atoms with Gasteiger partial charge in [0.2, 0.25) is 0 Å². The van der Waals surface area contributed by atoms with Gasteiger partial charge in [-0.25, -0.2) is 0 Å². The Morgan fingerprint density at radius 2 is 1.88 bits per heavy atom. The monoisotopic (exact) mass is 242 g/mol. The van der Waals surface area contributed by atoms with Crippen LogP contribution in [0.3, 0.4) is 0 Å². The highest BCUT2D eigenvalue weighted by molar-refractivity contribution is 5.74. The van der Waals surface area contributed by atoms with Crippen LogP contribution in [-0.2, 0) is 4.79 Å². The molecular formula is C14H26O3. The van der Waals surface area contributed by atoms with Crippen LogP contribution < -0.4 is 0 Å². The summed E-state index contributed by atoms with van der Waals surface area (Å²) in [4.78, 5) is 11.6. The van der Waals surface area contributed by atoms with E-state index in [1.54, 1.807) is 6.92 Å². The van der Waals surface area contributed by atoms with Crippen molar-refractivity contribution in [2.75, 3.05) is 0 Å². The van der Waals surface area contributed by atoms with E-state index in [-0.39, 0.29) is 0 Å². The van der Waals surface area contributed by atoms with Crippen molar-refractivity contribution in [3.8, 4) is 0 Å². The highest BCUT2D eigenvalue weighted by atomic mass is 16.4. The molecule has 0 spiro atoms. The second-order valence-corrected chi connectivity index (χ2v) is 5.96. The Kier molecular flexibility index (Phi) is 4.59. The Morgan fingerprint density at radius 3 is 2.24 bits per heavy atom. The molecule has 1 unspecified atom stereocenters. The molecule has 1 rings (SSSR count). The number of carboxylic acid groups (broad SMARTS) is 1. The molecule has 0 aromatic rings. The van der Waals surface area contributed by atoms with Gasteiger partial charge in [-0.1, -0.05) is 20.3 Å². The summed E-state index contributed by atoms with van der Waals surface area (Å²) in [6.45, 7) is 5.83. The van der Waals surface area contributed by atoms with Crippen molar-refractivity contribution in [2.24, 2.45) is 11.3 Å². The molecule has 100 valence electrons. The van der Waals surface area contributed by atoms with Crippen molar-refractivity contribution in [3.05, 3.63) is 0 Å². The minimum atomic E-state index is -0.850. The van der Waals surface area contributed by atoms with Crippen molar-refractivity contribution < 1.29 is 15.0 Å². The molecule has 3 nitrogen and oxygen atoms in total. The topological polar surface area (TPSA) is 57.5 Å². The summed E-state index contributed by atoms with van der Waals surface area (Å²) in [5.41, 5.74) is -1.54. The van der Waals surface area contributed by atoms with E-state index in [1.807, 2.05) is 6.92 Å². The molecule has 1 saturated carbocycles. The fourth-order valence-electron chi connectivity index (χ4n) is 2.96. The zero-order valence-electron chi connectivity index (χ0n) is 11.3. The molecule has 0 heterocycles. The lowest BCUT2D eigenvalue weighted by molar-refractivity contribution is -0.157. The molecule has 2 N–H and O–H groups in total. The Balaban J connectivity index is 2.75. The Hall–Kier alpha value is -0.570. The molecule has 0 amide bonds. The van der Waals surface area contributed by atoms with Crippen molar-refractivity contribution in [2.45, 2.75) is 71.3 Å². The zero-order chi connectivity index (χ0) is 13.1. The van der Waals surface area contributed by atoms with Gasteiger partial charge in [0.05, 0.1) is 11.0 Å². The highest BCUT2D eigenvalue weighted by Gasteiger charge is 2.45. The lowest BCUT2D eigenvalue weighted by Gasteiger charge is -2.40. The molecule has 3 heteroatoms. The summed E-state index contributed by atoms with van der Waals surface area (Å²) >= 11 is 0. The first kappa shape index (κ1) is 14.5. The van der Waals surface area contributed by atoms with Crippen LogP contribution in [0, 0.1) is 11.3 Å². The minimum absolute atomic E-state index is 0.391. The number of carbonyl (C=O) groups is 1.